The second kappa shape index (κ2) is 5.47. The van der Waals surface area contributed by atoms with Crippen molar-refractivity contribution in [2.45, 2.75) is 45.3 Å². The Bertz CT molecular complexity index is 556. The average Bonchev–Trinajstić information content (AvgIpc) is 3.04. The van der Waals surface area contributed by atoms with E-state index in [-0.39, 0.29) is 18.5 Å². The van der Waals surface area contributed by atoms with Crippen LogP contribution in [-0.2, 0) is 21.0 Å². The Morgan fingerprint density at radius 2 is 2.38 bits per heavy atom. The maximum atomic E-state index is 12.5. The lowest BCUT2D eigenvalue weighted by Gasteiger charge is -2.25. The van der Waals surface area contributed by atoms with E-state index < -0.39 is 5.60 Å². The molecule has 3 rings (SSSR count). The molecule has 2 aliphatic rings. The lowest BCUT2D eigenvalue weighted by atomic mass is 9.83. The second-order valence-electron chi connectivity index (χ2n) is 5.99. The number of esters is 1. The van der Waals surface area contributed by atoms with Gasteiger partial charge in [-0.2, -0.15) is 0 Å². The van der Waals surface area contributed by atoms with Crippen molar-refractivity contribution in [3.05, 3.63) is 30.1 Å². The first-order valence-electron chi connectivity index (χ1n) is 7.46. The van der Waals surface area contributed by atoms with Gasteiger partial charge in [-0.05, 0) is 30.9 Å². The van der Waals surface area contributed by atoms with E-state index in [0.717, 1.165) is 24.2 Å². The van der Waals surface area contributed by atoms with Gasteiger partial charge in [0.05, 0.1) is 17.3 Å². The summed E-state index contributed by atoms with van der Waals surface area (Å²) in [6.07, 6.45) is 4.27. The van der Waals surface area contributed by atoms with Gasteiger partial charge in [0.1, 0.15) is 6.61 Å². The first-order chi connectivity index (χ1) is 10.1. The van der Waals surface area contributed by atoms with Gasteiger partial charge in [0.2, 0.25) is 5.60 Å². The van der Waals surface area contributed by atoms with Crippen molar-refractivity contribution in [3.8, 4) is 0 Å². The standard InChI is InChI=1S/C16H20N2O3/c1-11(2)14-13-7-5-8-16(13,21-18-14)15(19)20-10-12-6-3-4-9-17-12/h3-4,6,9,11,13H,5,7-8,10H2,1-2H3. The molecule has 0 amide bonds. The van der Waals surface area contributed by atoms with Crippen molar-refractivity contribution in [1.82, 2.24) is 4.98 Å². The fraction of sp³-hybridized carbons (Fsp3) is 0.562. The monoisotopic (exact) mass is 288 g/mol. The van der Waals surface area contributed by atoms with Crippen molar-refractivity contribution >= 4 is 11.7 Å². The fourth-order valence-electron chi connectivity index (χ4n) is 3.20. The number of fused-ring (bicyclic) bond motifs is 1. The molecule has 5 nitrogen and oxygen atoms in total. The van der Waals surface area contributed by atoms with E-state index in [1.54, 1.807) is 6.20 Å². The Kier molecular flexibility index (Phi) is 3.66. The molecular formula is C16H20N2O3. The van der Waals surface area contributed by atoms with Crippen molar-refractivity contribution in [3.63, 3.8) is 0 Å². The van der Waals surface area contributed by atoms with Crippen molar-refractivity contribution in [1.29, 1.82) is 0 Å². The topological polar surface area (TPSA) is 60.8 Å². The van der Waals surface area contributed by atoms with Crippen LogP contribution in [0.2, 0.25) is 0 Å². The number of pyridine rings is 1. The summed E-state index contributed by atoms with van der Waals surface area (Å²) in [5, 5.41) is 4.17. The van der Waals surface area contributed by atoms with Gasteiger partial charge in [-0.1, -0.05) is 25.1 Å². The van der Waals surface area contributed by atoms with Crippen LogP contribution in [-0.4, -0.2) is 22.3 Å². The first-order valence-corrected chi connectivity index (χ1v) is 7.46. The van der Waals surface area contributed by atoms with Crippen LogP contribution in [0.25, 0.3) is 0 Å². The fourth-order valence-corrected chi connectivity index (χ4v) is 3.20. The van der Waals surface area contributed by atoms with E-state index >= 15 is 0 Å². The SMILES string of the molecule is CC(C)C1=NOC2(C(=O)OCc3ccccn3)CCCC12. The van der Waals surface area contributed by atoms with Crippen LogP contribution in [0.5, 0.6) is 0 Å². The van der Waals surface area contributed by atoms with Crippen molar-refractivity contribution in [2.75, 3.05) is 0 Å². The molecule has 1 aromatic heterocycles. The number of ether oxygens (including phenoxy) is 1. The second-order valence-corrected chi connectivity index (χ2v) is 5.99. The number of hydrogen-bond donors (Lipinski definition) is 0. The Morgan fingerprint density at radius 3 is 3.10 bits per heavy atom. The smallest absolute Gasteiger partial charge is 0.354 e. The Labute approximate surface area is 124 Å². The van der Waals surface area contributed by atoms with Gasteiger partial charge in [0, 0.05) is 12.6 Å². The average molecular weight is 288 g/mol. The molecule has 2 unspecified atom stereocenters. The number of aromatic nitrogens is 1. The zero-order valence-corrected chi connectivity index (χ0v) is 12.4. The summed E-state index contributed by atoms with van der Waals surface area (Å²) in [5.41, 5.74) is 0.830. The minimum atomic E-state index is -0.894. The first kappa shape index (κ1) is 14.0. The molecule has 0 N–H and O–H groups in total. The van der Waals surface area contributed by atoms with E-state index in [0.29, 0.717) is 12.3 Å². The van der Waals surface area contributed by atoms with Crippen LogP contribution in [0.1, 0.15) is 38.8 Å². The summed E-state index contributed by atoms with van der Waals surface area (Å²) in [6, 6.07) is 5.54. The van der Waals surface area contributed by atoms with E-state index in [9.17, 15) is 4.79 Å². The summed E-state index contributed by atoms with van der Waals surface area (Å²) in [4.78, 5) is 22.3. The molecule has 2 heterocycles. The number of hydrogen-bond acceptors (Lipinski definition) is 5. The summed E-state index contributed by atoms with van der Waals surface area (Å²) in [7, 11) is 0. The van der Waals surface area contributed by atoms with E-state index in [1.165, 1.54) is 0 Å². The van der Waals surface area contributed by atoms with Gasteiger partial charge in [0.25, 0.3) is 0 Å². The Morgan fingerprint density at radius 1 is 1.52 bits per heavy atom. The lowest BCUT2D eigenvalue weighted by molar-refractivity contribution is -0.173. The predicted molar refractivity (Wildman–Crippen MR) is 77.5 cm³/mol. The molecule has 0 radical (unpaired) electrons. The lowest BCUT2D eigenvalue weighted by Crippen LogP contribution is -2.44. The van der Waals surface area contributed by atoms with Crippen LogP contribution in [0, 0.1) is 11.8 Å². The molecule has 0 spiro atoms. The van der Waals surface area contributed by atoms with Gasteiger partial charge >= 0.3 is 5.97 Å². The molecule has 21 heavy (non-hydrogen) atoms. The van der Waals surface area contributed by atoms with E-state index in [4.69, 9.17) is 9.57 Å². The highest BCUT2D eigenvalue weighted by atomic mass is 16.7. The minimum Gasteiger partial charge on any atom is -0.456 e. The van der Waals surface area contributed by atoms with Crippen molar-refractivity contribution < 1.29 is 14.4 Å². The highest BCUT2D eigenvalue weighted by molar-refractivity contribution is 5.97. The van der Waals surface area contributed by atoms with Crippen LogP contribution >= 0.6 is 0 Å². The van der Waals surface area contributed by atoms with Crippen LogP contribution in [0.15, 0.2) is 29.6 Å². The molecule has 0 aromatic carbocycles. The molecule has 1 saturated carbocycles. The number of carbonyl (C=O) groups excluding carboxylic acids is 1. The third-order valence-corrected chi connectivity index (χ3v) is 4.29. The number of nitrogens with zero attached hydrogens (tertiary/aromatic N) is 2. The van der Waals surface area contributed by atoms with Gasteiger partial charge in [0.15, 0.2) is 0 Å². The molecule has 1 aliphatic heterocycles. The highest BCUT2D eigenvalue weighted by Gasteiger charge is 2.59. The Hall–Kier alpha value is -1.91. The van der Waals surface area contributed by atoms with Gasteiger partial charge in [-0.3, -0.25) is 4.98 Å². The minimum absolute atomic E-state index is 0.0636. The zero-order chi connectivity index (χ0) is 14.9. The molecular weight excluding hydrogens is 268 g/mol. The largest absolute Gasteiger partial charge is 0.456 e. The summed E-state index contributed by atoms with van der Waals surface area (Å²) >= 11 is 0. The molecule has 1 aliphatic carbocycles. The van der Waals surface area contributed by atoms with Crippen molar-refractivity contribution in [2.24, 2.45) is 17.0 Å². The highest BCUT2D eigenvalue weighted by Crippen LogP contribution is 2.46. The van der Waals surface area contributed by atoms with Crippen LogP contribution in [0.4, 0.5) is 0 Å². The molecule has 0 saturated heterocycles. The maximum Gasteiger partial charge on any atom is 0.354 e. The maximum absolute atomic E-state index is 12.5. The zero-order valence-electron chi connectivity index (χ0n) is 12.4. The van der Waals surface area contributed by atoms with E-state index in [2.05, 4.69) is 24.0 Å². The summed E-state index contributed by atoms with van der Waals surface area (Å²) < 4.78 is 5.44. The van der Waals surface area contributed by atoms with Gasteiger partial charge < -0.3 is 9.57 Å². The van der Waals surface area contributed by atoms with Gasteiger partial charge in [-0.25, -0.2) is 4.79 Å². The number of oxime groups is 1. The molecule has 112 valence electrons. The molecule has 2 atom stereocenters. The molecule has 1 fully saturated rings. The quantitative estimate of drug-likeness (QED) is 0.799. The molecule has 0 bridgehead atoms. The van der Waals surface area contributed by atoms with Crippen LogP contribution in [0.3, 0.4) is 0 Å². The predicted octanol–water partition coefficient (Wildman–Crippen LogP) is 2.71. The van der Waals surface area contributed by atoms with Gasteiger partial charge in [-0.15, -0.1) is 0 Å². The molecule has 5 heteroatoms. The van der Waals surface area contributed by atoms with E-state index in [1.807, 2.05) is 18.2 Å². The van der Waals surface area contributed by atoms with Crippen LogP contribution < -0.4 is 0 Å². The summed E-state index contributed by atoms with van der Waals surface area (Å²) in [6.45, 7) is 4.33. The number of rotatable bonds is 4. The third kappa shape index (κ3) is 2.41. The normalized spacial score (nSPS) is 27.2. The Balaban J connectivity index is 1.70. The third-order valence-electron chi connectivity index (χ3n) is 4.29. The molecule has 1 aromatic rings. The number of carbonyl (C=O) groups is 1. The summed E-state index contributed by atoms with van der Waals surface area (Å²) in [5.74, 6) is 0.0438.